The molecule has 2 aromatic heterocycles. The van der Waals surface area contributed by atoms with E-state index in [2.05, 4.69) is 25.4 Å². The summed E-state index contributed by atoms with van der Waals surface area (Å²) in [6.07, 6.45) is 3.35. The van der Waals surface area contributed by atoms with Gasteiger partial charge in [-0.05, 0) is 42.8 Å². The highest BCUT2D eigenvalue weighted by Crippen LogP contribution is 2.23. The van der Waals surface area contributed by atoms with Gasteiger partial charge >= 0.3 is 6.03 Å². The SMILES string of the molecule is O=C(NC1CCc2nnc(-c3ccc(F)cc3)n2C1)N1CCN(c2ccccn2)CC1. The van der Waals surface area contributed by atoms with Gasteiger partial charge in [-0.25, -0.2) is 14.2 Å². The van der Waals surface area contributed by atoms with Gasteiger partial charge in [0.05, 0.1) is 0 Å². The fourth-order valence-corrected chi connectivity index (χ4v) is 4.20. The molecule has 1 saturated heterocycles. The van der Waals surface area contributed by atoms with E-state index in [0.29, 0.717) is 25.5 Å². The number of piperazine rings is 1. The number of halogens is 1. The van der Waals surface area contributed by atoms with E-state index in [1.54, 1.807) is 18.3 Å². The minimum Gasteiger partial charge on any atom is -0.353 e. The van der Waals surface area contributed by atoms with E-state index in [4.69, 9.17) is 0 Å². The predicted octanol–water partition coefficient (Wildman–Crippen LogP) is 2.33. The summed E-state index contributed by atoms with van der Waals surface area (Å²) < 4.78 is 15.3. The minimum absolute atomic E-state index is 0.00372. The normalized spacial score (nSPS) is 18.5. The van der Waals surface area contributed by atoms with Crippen molar-refractivity contribution in [1.82, 2.24) is 30.0 Å². The topological polar surface area (TPSA) is 79.2 Å². The number of nitrogens with zero attached hydrogens (tertiary/aromatic N) is 6. The number of hydrogen-bond donors (Lipinski definition) is 1. The van der Waals surface area contributed by atoms with E-state index in [-0.39, 0.29) is 17.9 Å². The molecule has 1 atom stereocenters. The van der Waals surface area contributed by atoms with E-state index in [9.17, 15) is 9.18 Å². The molecule has 0 bridgehead atoms. The highest BCUT2D eigenvalue weighted by Gasteiger charge is 2.27. The van der Waals surface area contributed by atoms with Gasteiger partial charge in [0, 0.05) is 56.9 Å². The summed E-state index contributed by atoms with van der Waals surface area (Å²) in [6.45, 7) is 3.45. The van der Waals surface area contributed by atoms with Gasteiger partial charge in [-0.15, -0.1) is 10.2 Å². The second kappa shape index (κ2) is 8.33. The van der Waals surface area contributed by atoms with Crippen LogP contribution in [0.4, 0.5) is 15.0 Å². The molecule has 8 nitrogen and oxygen atoms in total. The molecule has 0 aliphatic carbocycles. The summed E-state index contributed by atoms with van der Waals surface area (Å²) in [4.78, 5) is 21.3. The molecule has 2 aliphatic heterocycles. The summed E-state index contributed by atoms with van der Waals surface area (Å²) in [5.41, 5.74) is 0.817. The van der Waals surface area contributed by atoms with Crippen LogP contribution in [-0.4, -0.2) is 62.9 Å². The van der Waals surface area contributed by atoms with Crippen LogP contribution >= 0.6 is 0 Å². The highest BCUT2D eigenvalue weighted by molar-refractivity contribution is 5.75. The fourth-order valence-electron chi connectivity index (χ4n) is 4.20. The molecule has 2 aliphatic rings. The van der Waals surface area contributed by atoms with Gasteiger partial charge < -0.3 is 19.7 Å². The van der Waals surface area contributed by atoms with Crippen LogP contribution in [0.15, 0.2) is 48.7 Å². The van der Waals surface area contributed by atoms with Gasteiger partial charge in [0.2, 0.25) is 0 Å². The van der Waals surface area contributed by atoms with Crippen LogP contribution < -0.4 is 10.2 Å². The molecule has 1 aromatic carbocycles. The van der Waals surface area contributed by atoms with Crippen molar-refractivity contribution in [2.24, 2.45) is 0 Å². The van der Waals surface area contributed by atoms with E-state index in [0.717, 1.165) is 43.1 Å². The molecule has 1 fully saturated rings. The highest BCUT2D eigenvalue weighted by atomic mass is 19.1. The van der Waals surface area contributed by atoms with Gasteiger partial charge in [0.15, 0.2) is 5.82 Å². The zero-order valence-electron chi connectivity index (χ0n) is 17.1. The van der Waals surface area contributed by atoms with E-state index < -0.39 is 0 Å². The van der Waals surface area contributed by atoms with Crippen LogP contribution in [0.1, 0.15) is 12.2 Å². The van der Waals surface area contributed by atoms with Crippen LogP contribution in [0.5, 0.6) is 0 Å². The first-order chi connectivity index (χ1) is 15.2. The largest absolute Gasteiger partial charge is 0.353 e. The summed E-state index contributed by atoms with van der Waals surface area (Å²) >= 11 is 0. The summed E-state index contributed by atoms with van der Waals surface area (Å²) in [5.74, 6) is 2.27. The lowest BCUT2D eigenvalue weighted by atomic mass is 10.1. The molecule has 2 amide bonds. The van der Waals surface area contributed by atoms with Gasteiger partial charge in [0.1, 0.15) is 17.5 Å². The first kappa shape index (κ1) is 19.5. The maximum Gasteiger partial charge on any atom is 0.317 e. The van der Waals surface area contributed by atoms with E-state index >= 15 is 0 Å². The first-order valence-corrected chi connectivity index (χ1v) is 10.6. The Kier molecular flexibility index (Phi) is 5.23. The second-order valence-corrected chi connectivity index (χ2v) is 7.90. The lowest BCUT2D eigenvalue weighted by Gasteiger charge is -2.36. The van der Waals surface area contributed by atoms with Crippen molar-refractivity contribution in [2.75, 3.05) is 31.1 Å². The average Bonchev–Trinajstić information content (AvgIpc) is 3.23. The Bertz CT molecular complexity index is 1050. The molecule has 1 N–H and O–H groups in total. The Morgan fingerprint density at radius 1 is 1.03 bits per heavy atom. The first-order valence-electron chi connectivity index (χ1n) is 10.6. The molecule has 0 spiro atoms. The number of aryl methyl sites for hydroxylation is 1. The lowest BCUT2D eigenvalue weighted by Crippen LogP contribution is -2.54. The third kappa shape index (κ3) is 4.08. The van der Waals surface area contributed by atoms with Crippen molar-refractivity contribution in [1.29, 1.82) is 0 Å². The van der Waals surface area contributed by atoms with Crippen LogP contribution in [0, 0.1) is 5.82 Å². The number of fused-ring (bicyclic) bond motifs is 1. The monoisotopic (exact) mass is 421 g/mol. The van der Waals surface area contributed by atoms with Crippen LogP contribution in [-0.2, 0) is 13.0 Å². The van der Waals surface area contributed by atoms with Crippen LogP contribution in [0.25, 0.3) is 11.4 Å². The number of rotatable bonds is 3. The van der Waals surface area contributed by atoms with Crippen LogP contribution in [0.2, 0.25) is 0 Å². The third-order valence-corrected chi connectivity index (χ3v) is 5.92. The maximum atomic E-state index is 13.3. The van der Waals surface area contributed by atoms with Gasteiger partial charge in [-0.1, -0.05) is 6.07 Å². The number of anilines is 1. The molecule has 0 saturated carbocycles. The van der Waals surface area contributed by atoms with Crippen LogP contribution in [0.3, 0.4) is 0 Å². The van der Waals surface area contributed by atoms with Crippen molar-refractivity contribution in [2.45, 2.75) is 25.4 Å². The molecular weight excluding hydrogens is 397 g/mol. The number of pyridine rings is 1. The molecule has 5 rings (SSSR count). The summed E-state index contributed by atoms with van der Waals surface area (Å²) in [7, 11) is 0. The Morgan fingerprint density at radius 2 is 1.84 bits per heavy atom. The molecule has 160 valence electrons. The third-order valence-electron chi connectivity index (χ3n) is 5.92. The summed E-state index contributed by atoms with van der Waals surface area (Å²) in [6, 6.07) is 12.1. The number of hydrogen-bond acceptors (Lipinski definition) is 5. The second-order valence-electron chi connectivity index (χ2n) is 7.90. The number of aromatic nitrogens is 4. The Labute approximate surface area is 179 Å². The van der Waals surface area contributed by atoms with Gasteiger partial charge in [-0.3, -0.25) is 0 Å². The lowest BCUT2D eigenvalue weighted by molar-refractivity contribution is 0.186. The molecule has 0 radical (unpaired) electrons. The standard InChI is InChI=1S/C22H24FN7O/c23-17-6-4-16(5-7-17)21-27-26-20-9-8-18(15-30(20)21)25-22(31)29-13-11-28(12-14-29)19-3-1-2-10-24-19/h1-7,10,18H,8-9,11-15H2,(H,25,31). The van der Waals surface area contributed by atoms with Crippen molar-refractivity contribution in [3.8, 4) is 11.4 Å². The number of nitrogens with one attached hydrogen (secondary N) is 1. The van der Waals surface area contributed by atoms with Crippen molar-refractivity contribution >= 4 is 11.8 Å². The minimum atomic E-state index is -0.282. The molecule has 1 unspecified atom stereocenters. The van der Waals surface area contributed by atoms with Gasteiger partial charge in [0.25, 0.3) is 0 Å². The zero-order valence-corrected chi connectivity index (χ0v) is 17.1. The molecule has 3 aromatic rings. The number of urea groups is 1. The molecular formula is C22H24FN7O. The Hall–Kier alpha value is -3.49. The van der Waals surface area contributed by atoms with Crippen molar-refractivity contribution in [3.63, 3.8) is 0 Å². The van der Waals surface area contributed by atoms with Crippen molar-refractivity contribution in [3.05, 3.63) is 60.3 Å². The summed E-state index contributed by atoms with van der Waals surface area (Å²) in [5, 5.41) is 11.8. The average molecular weight is 421 g/mol. The number of carbonyl (C=O) groups excluding carboxylic acids is 1. The number of benzene rings is 1. The molecule has 31 heavy (non-hydrogen) atoms. The zero-order chi connectivity index (χ0) is 21.2. The van der Waals surface area contributed by atoms with E-state index in [1.165, 1.54) is 12.1 Å². The molecule has 4 heterocycles. The van der Waals surface area contributed by atoms with E-state index in [1.807, 2.05) is 27.7 Å². The van der Waals surface area contributed by atoms with Gasteiger partial charge in [-0.2, -0.15) is 0 Å². The Morgan fingerprint density at radius 3 is 2.58 bits per heavy atom. The Balaban J connectivity index is 1.20. The number of amides is 2. The number of carbonyl (C=O) groups is 1. The van der Waals surface area contributed by atoms with Crippen molar-refractivity contribution < 1.29 is 9.18 Å². The molecule has 9 heteroatoms. The smallest absolute Gasteiger partial charge is 0.317 e. The fraction of sp³-hybridized carbons (Fsp3) is 0.364. The predicted molar refractivity (Wildman–Crippen MR) is 114 cm³/mol. The quantitative estimate of drug-likeness (QED) is 0.702. The maximum absolute atomic E-state index is 13.3.